The molecule has 13 heteroatoms. The number of hydrogen-bond donors (Lipinski definition) is 2. The minimum Gasteiger partial charge on any atom is -0.460 e. The molecule has 0 unspecified atom stereocenters. The number of rotatable bonds is 10. The van der Waals surface area contributed by atoms with Crippen LogP contribution < -0.4 is 5.32 Å². The van der Waals surface area contributed by atoms with Crippen LogP contribution in [0.3, 0.4) is 0 Å². The molecule has 0 aromatic rings. The van der Waals surface area contributed by atoms with E-state index in [2.05, 4.69) is 27.4 Å². The molecule has 0 saturated carbocycles. The summed E-state index contributed by atoms with van der Waals surface area (Å²) < 4.78 is 68.0. The number of alkyl halides is 2. The third kappa shape index (κ3) is 8.76. The first-order valence-corrected chi connectivity index (χ1v) is 7.73. The van der Waals surface area contributed by atoms with Crippen LogP contribution in [0.15, 0.2) is 25.3 Å². The predicted octanol–water partition coefficient (Wildman–Crippen LogP) is 0.0202. The molecule has 0 bridgehead atoms. The quantitative estimate of drug-likeness (QED) is 0.229. The Kier molecular flexibility index (Phi) is 8.70. The molecule has 0 rings (SSSR count). The lowest BCUT2D eigenvalue weighted by Gasteiger charge is -2.19. The van der Waals surface area contributed by atoms with Gasteiger partial charge in [-0.15, -0.1) is 0 Å². The second kappa shape index (κ2) is 9.68. The number of carbonyl (C=O) groups is 3. The first-order valence-electron chi connectivity index (χ1n) is 6.29. The molecule has 142 valence electrons. The van der Waals surface area contributed by atoms with Gasteiger partial charge in [0, 0.05) is 12.2 Å². The van der Waals surface area contributed by atoms with E-state index < -0.39 is 59.3 Å². The molecule has 10 nitrogen and oxygen atoms in total. The van der Waals surface area contributed by atoms with Crippen molar-refractivity contribution in [1.29, 1.82) is 0 Å². The molecule has 0 aliphatic heterocycles. The highest BCUT2D eigenvalue weighted by molar-refractivity contribution is 7.86. The average molecular weight is 387 g/mol. The lowest BCUT2D eigenvalue weighted by atomic mass is 10.3. The molecule has 0 fully saturated rings. The number of carbonyl (C=O) groups excluding carboxylic acids is 3. The number of nitrogens with one attached hydrogen (secondary N) is 1. The smallest absolute Gasteiger partial charge is 0.407 e. The topological polar surface area (TPSA) is 145 Å². The average Bonchev–Trinajstić information content (AvgIpc) is 2.53. The second-order valence-corrected chi connectivity index (χ2v) is 5.75. The van der Waals surface area contributed by atoms with Gasteiger partial charge in [-0.25, -0.2) is 14.4 Å². The molecule has 0 spiro atoms. The minimum atomic E-state index is -5.78. The highest BCUT2D eigenvalue weighted by Gasteiger charge is 2.45. The van der Waals surface area contributed by atoms with Gasteiger partial charge in [0.1, 0.15) is 19.3 Å². The minimum absolute atomic E-state index is 0.543. The number of hydrogen-bond acceptors (Lipinski definition) is 8. The first kappa shape index (κ1) is 22.5. The lowest BCUT2D eigenvalue weighted by molar-refractivity contribution is -0.141. The van der Waals surface area contributed by atoms with Crippen LogP contribution in [0.4, 0.5) is 13.6 Å². The van der Waals surface area contributed by atoms with Crippen molar-refractivity contribution in [3.05, 3.63) is 25.3 Å². The van der Waals surface area contributed by atoms with Crippen molar-refractivity contribution >= 4 is 28.1 Å². The highest BCUT2D eigenvalue weighted by Crippen LogP contribution is 2.20. The molecule has 25 heavy (non-hydrogen) atoms. The maximum Gasteiger partial charge on any atom is 0.407 e. The summed E-state index contributed by atoms with van der Waals surface area (Å²) in [7, 11) is -5.78. The zero-order valence-corrected chi connectivity index (χ0v) is 13.5. The molecule has 0 heterocycles. The summed E-state index contributed by atoms with van der Waals surface area (Å²) in [5.74, 6) is -1.76. The molecule has 2 N–H and O–H groups in total. The van der Waals surface area contributed by atoms with E-state index in [0.29, 0.717) is 0 Å². The van der Waals surface area contributed by atoms with E-state index in [4.69, 9.17) is 4.55 Å². The summed E-state index contributed by atoms with van der Waals surface area (Å²) in [5, 5.41) is -2.81. The zero-order chi connectivity index (χ0) is 19.7. The first-order chi connectivity index (χ1) is 11.4. The molecule has 0 atom stereocenters. The molecule has 0 aliphatic rings. The van der Waals surface area contributed by atoms with E-state index in [1.807, 2.05) is 5.32 Å². The summed E-state index contributed by atoms with van der Waals surface area (Å²) in [6.45, 7) is 3.18. The Morgan fingerprint density at radius 2 is 1.52 bits per heavy atom. The van der Waals surface area contributed by atoms with Gasteiger partial charge in [-0.1, -0.05) is 13.2 Å². The molecule has 1 amide bonds. The fraction of sp³-hybridized carbons (Fsp3) is 0.417. The van der Waals surface area contributed by atoms with E-state index in [1.165, 1.54) is 0 Å². The van der Waals surface area contributed by atoms with Gasteiger partial charge in [-0.05, 0) is 0 Å². The standard InChI is InChI=1S/C12H15F2NO9S/c1-3-9(16)22-5-8(6-23-10(17)4-2)15-11(18)24-7-12(13,14)25(19,20)21/h3-4,8H,1-2,5-7H2,(H,15,18)(H,19,20,21). The maximum absolute atomic E-state index is 12.9. The van der Waals surface area contributed by atoms with Crippen molar-refractivity contribution in [2.24, 2.45) is 0 Å². The molecular formula is C12H15F2NO9S. The Morgan fingerprint density at radius 3 is 1.88 bits per heavy atom. The SMILES string of the molecule is C=CC(=O)OCC(COC(=O)C=C)NC(=O)OCC(F)(F)S(=O)(=O)O. The van der Waals surface area contributed by atoms with Crippen molar-refractivity contribution in [2.45, 2.75) is 11.3 Å². The molecular weight excluding hydrogens is 372 g/mol. The Balaban J connectivity index is 4.71. The number of ether oxygens (including phenoxy) is 3. The van der Waals surface area contributed by atoms with E-state index >= 15 is 0 Å². The number of alkyl carbamates (subject to hydrolysis) is 1. The normalized spacial score (nSPS) is 11.4. The fourth-order valence-corrected chi connectivity index (χ4v) is 1.25. The fourth-order valence-electron chi connectivity index (χ4n) is 1.05. The van der Waals surface area contributed by atoms with Crippen LogP contribution >= 0.6 is 0 Å². The monoisotopic (exact) mass is 387 g/mol. The lowest BCUT2D eigenvalue weighted by Crippen LogP contribution is -2.44. The third-order valence-corrected chi connectivity index (χ3v) is 3.13. The summed E-state index contributed by atoms with van der Waals surface area (Å²) in [4.78, 5) is 33.3. The zero-order valence-electron chi connectivity index (χ0n) is 12.6. The van der Waals surface area contributed by atoms with Gasteiger partial charge in [0.25, 0.3) is 0 Å². The van der Waals surface area contributed by atoms with Crippen LogP contribution in [-0.4, -0.2) is 62.1 Å². The van der Waals surface area contributed by atoms with Gasteiger partial charge in [-0.2, -0.15) is 17.2 Å². The third-order valence-electron chi connectivity index (χ3n) is 2.26. The second-order valence-electron chi connectivity index (χ2n) is 4.20. The van der Waals surface area contributed by atoms with E-state index in [0.717, 1.165) is 12.2 Å². The molecule has 0 aliphatic carbocycles. The maximum atomic E-state index is 12.9. The van der Waals surface area contributed by atoms with Crippen molar-refractivity contribution in [3.8, 4) is 0 Å². The molecule has 0 radical (unpaired) electrons. The van der Waals surface area contributed by atoms with Crippen LogP contribution in [0.25, 0.3) is 0 Å². The summed E-state index contributed by atoms with van der Waals surface area (Å²) in [6.07, 6.45) is 0.0629. The van der Waals surface area contributed by atoms with Gasteiger partial charge >= 0.3 is 33.4 Å². The van der Waals surface area contributed by atoms with Gasteiger partial charge < -0.3 is 19.5 Å². The van der Waals surface area contributed by atoms with Gasteiger partial charge in [-0.3, -0.25) is 4.55 Å². The Morgan fingerprint density at radius 1 is 1.08 bits per heavy atom. The summed E-state index contributed by atoms with van der Waals surface area (Å²) in [5.41, 5.74) is 0. The number of esters is 2. The van der Waals surface area contributed by atoms with Crippen LogP contribution in [0.1, 0.15) is 0 Å². The van der Waals surface area contributed by atoms with E-state index in [-0.39, 0.29) is 0 Å². The predicted molar refractivity (Wildman–Crippen MR) is 77.1 cm³/mol. The van der Waals surface area contributed by atoms with Crippen molar-refractivity contribution in [2.75, 3.05) is 19.8 Å². The summed E-state index contributed by atoms with van der Waals surface area (Å²) >= 11 is 0. The number of halogens is 2. The molecule has 0 aromatic carbocycles. The Labute approximate surface area is 141 Å². The number of amides is 1. The van der Waals surface area contributed by atoms with Gasteiger partial charge in [0.15, 0.2) is 6.61 Å². The molecule has 0 aromatic heterocycles. The van der Waals surface area contributed by atoms with Crippen molar-refractivity contribution in [3.63, 3.8) is 0 Å². The summed E-state index contributed by atoms with van der Waals surface area (Å²) in [6, 6.07) is -1.21. The van der Waals surface area contributed by atoms with Crippen molar-refractivity contribution in [1.82, 2.24) is 5.32 Å². The van der Waals surface area contributed by atoms with E-state index in [9.17, 15) is 31.6 Å². The van der Waals surface area contributed by atoms with E-state index in [1.54, 1.807) is 0 Å². The molecule has 0 saturated heterocycles. The van der Waals surface area contributed by atoms with Crippen LogP contribution in [0, 0.1) is 0 Å². The van der Waals surface area contributed by atoms with Crippen LogP contribution in [0.5, 0.6) is 0 Å². The van der Waals surface area contributed by atoms with Gasteiger partial charge in [0.05, 0.1) is 0 Å². The largest absolute Gasteiger partial charge is 0.460 e. The van der Waals surface area contributed by atoms with Gasteiger partial charge in [0.2, 0.25) is 0 Å². The van der Waals surface area contributed by atoms with Crippen LogP contribution in [0.2, 0.25) is 0 Å². The van der Waals surface area contributed by atoms with Crippen LogP contribution in [-0.2, 0) is 33.9 Å². The Bertz CT molecular complexity index is 608. The Hall–Kier alpha value is -2.54. The van der Waals surface area contributed by atoms with Crippen molar-refractivity contribution < 1.29 is 50.3 Å². The highest BCUT2D eigenvalue weighted by atomic mass is 32.2.